The summed E-state index contributed by atoms with van der Waals surface area (Å²) in [5, 5.41) is 0. The normalized spacial score (nSPS) is 12.2. The van der Waals surface area contributed by atoms with Crippen molar-refractivity contribution >= 4 is 65.2 Å². The van der Waals surface area contributed by atoms with E-state index >= 15 is 0 Å². The number of unbranched alkanes of at least 4 members (excludes halogenated alkanes) is 10. The SMILES string of the molecule is CCCCCCCCOc1cc(-c2cc[c]([Sn]([CH3])([CH3])[CH3])s2)c(OCCCCCCCC)cc1-c1cc[c]([Sn]([CH3])([CH3])[CH3])s1. The van der Waals surface area contributed by atoms with E-state index in [0.717, 1.165) is 37.6 Å². The molecule has 3 rings (SSSR count). The molecule has 0 saturated heterocycles. The Balaban J connectivity index is 1.94. The Hall–Kier alpha value is -0.183. The van der Waals surface area contributed by atoms with Gasteiger partial charge in [-0.1, -0.05) is 26.7 Å². The third-order valence-corrected chi connectivity index (χ3v) is 29.0. The van der Waals surface area contributed by atoms with E-state index in [9.17, 15) is 0 Å². The zero-order chi connectivity index (χ0) is 30.6. The second kappa shape index (κ2) is 18.1. The van der Waals surface area contributed by atoms with Crippen LogP contribution in [-0.2, 0) is 0 Å². The molecule has 6 heteroatoms. The maximum atomic E-state index is 6.65. The van der Waals surface area contributed by atoms with Gasteiger partial charge in [0.15, 0.2) is 0 Å². The van der Waals surface area contributed by atoms with Crippen LogP contribution in [0.2, 0.25) is 29.6 Å². The summed E-state index contributed by atoms with van der Waals surface area (Å²) >= 11 is -0.360. The van der Waals surface area contributed by atoms with Crippen molar-refractivity contribution in [1.29, 1.82) is 0 Å². The summed E-state index contributed by atoms with van der Waals surface area (Å²) in [4.78, 5) is 17.7. The molecule has 0 unspecified atom stereocenters. The first-order valence-corrected chi connectivity index (χ1v) is 38.3. The van der Waals surface area contributed by atoms with Gasteiger partial charge < -0.3 is 0 Å². The van der Waals surface area contributed by atoms with E-state index < -0.39 is 36.8 Å². The Labute approximate surface area is 274 Å². The summed E-state index contributed by atoms with van der Waals surface area (Å²) in [7, 11) is 0. The van der Waals surface area contributed by atoms with E-state index in [1.54, 1.807) is 5.79 Å². The number of benzene rings is 1. The third-order valence-electron chi connectivity index (χ3n) is 7.81. The molecule has 2 aromatic heterocycles. The number of hydrogen-bond acceptors (Lipinski definition) is 4. The Morgan fingerprint density at radius 1 is 0.500 bits per heavy atom. The first-order valence-electron chi connectivity index (χ1n) is 16.7. The van der Waals surface area contributed by atoms with Crippen LogP contribution in [0.15, 0.2) is 36.4 Å². The van der Waals surface area contributed by atoms with Crippen molar-refractivity contribution in [3.63, 3.8) is 0 Å². The van der Waals surface area contributed by atoms with Crippen molar-refractivity contribution in [3.05, 3.63) is 36.4 Å². The zero-order valence-electron chi connectivity index (χ0n) is 28.0. The van der Waals surface area contributed by atoms with Crippen LogP contribution in [0.4, 0.5) is 0 Å². The van der Waals surface area contributed by atoms with Gasteiger partial charge in [-0.05, 0) is 0 Å². The van der Waals surface area contributed by atoms with Gasteiger partial charge in [-0.3, -0.25) is 0 Å². The Morgan fingerprint density at radius 2 is 0.857 bits per heavy atom. The van der Waals surface area contributed by atoms with Crippen molar-refractivity contribution in [2.24, 2.45) is 0 Å². The second-order valence-electron chi connectivity index (χ2n) is 13.9. The van der Waals surface area contributed by atoms with Gasteiger partial charge in [-0.2, -0.15) is 0 Å². The Morgan fingerprint density at radius 3 is 1.19 bits per heavy atom. The summed E-state index contributed by atoms with van der Waals surface area (Å²) in [6.07, 6.45) is 15.3. The number of hydrogen-bond donors (Lipinski definition) is 0. The summed E-state index contributed by atoms with van der Waals surface area (Å²) in [5.74, 6) is 2.05. The molecule has 0 radical (unpaired) electrons. The molecule has 0 aliphatic heterocycles. The summed E-state index contributed by atoms with van der Waals surface area (Å²) in [6.45, 7) is 6.12. The molecular weight excluding hydrogens is 766 g/mol. The summed E-state index contributed by atoms with van der Waals surface area (Å²) in [5.41, 5.74) is 2.42. The molecule has 0 saturated carbocycles. The van der Waals surface area contributed by atoms with Crippen LogP contribution < -0.4 is 15.3 Å². The fourth-order valence-corrected chi connectivity index (χ4v) is 17.7. The summed E-state index contributed by atoms with van der Waals surface area (Å²) in [6, 6.07) is 14.1. The van der Waals surface area contributed by atoms with Gasteiger partial charge in [0.25, 0.3) is 0 Å². The molecule has 42 heavy (non-hydrogen) atoms. The zero-order valence-corrected chi connectivity index (χ0v) is 35.3. The molecule has 2 nitrogen and oxygen atoms in total. The molecule has 1 aromatic carbocycles. The van der Waals surface area contributed by atoms with Crippen molar-refractivity contribution in [2.75, 3.05) is 13.2 Å². The van der Waals surface area contributed by atoms with Crippen LogP contribution in [0.3, 0.4) is 0 Å². The fourth-order valence-electron chi connectivity index (χ4n) is 5.08. The predicted molar refractivity (Wildman–Crippen MR) is 197 cm³/mol. The fraction of sp³-hybridized carbons (Fsp3) is 0.611. The monoisotopic (exact) mass is 826 g/mol. The molecule has 0 fully saturated rings. The van der Waals surface area contributed by atoms with E-state index in [4.69, 9.17) is 9.47 Å². The third kappa shape index (κ3) is 11.6. The van der Waals surface area contributed by atoms with Crippen LogP contribution >= 0.6 is 22.7 Å². The van der Waals surface area contributed by atoms with Crippen molar-refractivity contribution in [1.82, 2.24) is 0 Å². The van der Waals surface area contributed by atoms with E-state index in [2.05, 4.69) is 79.9 Å². The van der Waals surface area contributed by atoms with Gasteiger partial charge in [0, 0.05) is 0 Å². The van der Waals surface area contributed by atoms with Gasteiger partial charge >= 0.3 is 251 Å². The maximum absolute atomic E-state index is 6.65. The van der Waals surface area contributed by atoms with Crippen molar-refractivity contribution in [3.8, 4) is 32.4 Å². The number of rotatable bonds is 20. The first-order chi connectivity index (χ1) is 20.0. The number of ether oxygens (including phenoxy) is 2. The molecule has 2 heterocycles. The quantitative estimate of drug-likeness (QED) is 0.0835. The first kappa shape index (κ1) is 36.3. The van der Waals surface area contributed by atoms with E-state index in [-0.39, 0.29) is 0 Å². The van der Waals surface area contributed by atoms with Gasteiger partial charge in [0.2, 0.25) is 0 Å². The molecule has 0 aliphatic carbocycles. The van der Waals surface area contributed by atoms with Gasteiger partial charge in [0.1, 0.15) is 0 Å². The van der Waals surface area contributed by atoms with Crippen LogP contribution in [0.1, 0.15) is 90.9 Å². The molecular formula is C36H58O2S2Sn2. The van der Waals surface area contributed by atoms with E-state index in [1.807, 2.05) is 22.7 Å². The molecule has 0 atom stereocenters. The topological polar surface area (TPSA) is 18.5 Å². The predicted octanol–water partition coefficient (Wildman–Crippen LogP) is 11.7. The van der Waals surface area contributed by atoms with Crippen LogP contribution in [-0.4, -0.2) is 50.0 Å². The summed E-state index contributed by atoms with van der Waals surface area (Å²) < 4.78 is 16.5. The minimum absolute atomic E-state index is 0.779. The Bertz CT molecular complexity index is 1110. The molecule has 0 aliphatic rings. The standard InChI is InChI=1S/C30H40O2S2.6CH3.2Sn/c1-3-5-7-9-11-13-19-31-27-23-26(30-18-16-22-34-30)28(24-25(27)29-17-15-21-33-29)32-20-14-12-10-8-6-4-2;;;;;;;;/h15-18,23-24H,3-14,19-20H2,1-2H3;6*1H3;;. The van der Waals surface area contributed by atoms with E-state index in [1.165, 1.54) is 85.1 Å². The molecule has 0 spiro atoms. The molecule has 0 bridgehead atoms. The van der Waals surface area contributed by atoms with Crippen molar-refractivity contribution < 1.29 is 9.47 Å². The molecule has 0 amide bonds. The molecule has 0 N–H and O–H groups in total. The minimum atomic E-state index is -2.17. The molecule has 234 valence electrons. The van der Waals surface area contributed by atoms with Crippen LogP contribution in [0.5, 0.6) is 11.5 Å². The van der Waals surface area contributed by atoms with Gasteiger partial charge in [-0.15, -0.1) is 0 Å². The second-order valence-corrected chi connectivity index (χ2v) is 46.9. The van der Waals surface area contributed by atoms with Crippen molar-refractivity contribution in [2.45, 2.75) is 121 Å². The Kier molecular flexibility index (Phi) is 15.6. The average molecular weight is 824 g/mol. The van der Waals surface area contributed by atoms with Crippen LogP contribution in [0.25, 0.3) is 20.9 Å². The number of thiophene rings is 2. The van der Waals surface area contributed by atoms with E-state index in [0.29, 0.717) is 0 Å². The molecule has 3 aromatic rings. The van der Waals surface area contributed by atoms with Gasteiger partial charge in [0.05, 0.1) is 0 Å². The van der Waals surface area contributed by atoms with Crippen LogP contribution in [0, 0.1) is 0 Å². The average Bonchev–Trinajstić information content (AvgIpc) is 3.63. The van der Waals surface area contributed by atoms with Gasteiger partial charge in [-0.25, -0.2) is 0 Å².